The number of amides is 1. The van der Waals surface area contributed by atoms with Crippen LogP contribution in [0.4, 0.5) is 5.69 Å². The Morgan fingerprint density at radius 1 is 0.868 bits per heavy atom. The SMILES string of the molecule is Cc1cc2oc3c(c(=O)c2cc1C)C(c1cccc(OCc2ccccc2)c1)N(c1ccc(Br)cc1)C3=O. The fourth-order valence-corrected chi connectivity index (χ4v) is 5.19. The van der Waals surface area contributed by atoms with Crippen molar-refractivity contribution in [2.75, 3.05) is 4.90 Å². The third kappa shape index (κ3) is 4.21. The fraction of sp³-hybridized carbons (Fsp3) is 0.125. The lowest BCUT2D eigenvalue weighted by Gasteiger charge is -2.25. The maximum atomic E-state index is 14.0. The Morgan fingerprint density at radius 3 is 2.37 bits per heavy atom. The van der Waals surface area contributed by atoms with Gasteiger partial charge in [-0.15, -0.1) is 0 Å². The van der Waals surface area contributed by atoms with Crippen LogP contribution in [-0.2, 0) is 6.61 Å². The van der Waals surface area contributed by atoms with Crippen LogP contribution in [0.1, 0.15) is 44.4 Å². The molecule has 0 saturated heterocycles. The normalized spacial score (nSPS) is 14.7. The molecule has 0 N–H and O–H groups in total. The lowest BCUT2D eigenvalue weighted by molar-refractivity contribution is 0.0971. The van der Waals surface area contributed by atoms with E-state index in [1.165, 1.54) is 0 Å². The lowest BCUT2D eigenvalue weighted by atomic mass is 9.97. The third-order valence-electron chi connectivity index (χ3n) is 7.01. The summed E-state index contributed by atoms with van der Waals surface area (Å²) in [4.78, 5) is 29.5. The number of aryl methyl sites for hydroxylation is 2. The number of rotatable bonds is 5. The number of nitrogens with zero attached hydrogens (tertiary/aromatic N) is 1. The zero-order valence-electron chi connectivity index (χ0n) is 20.9. The van der Waals surface area contributed by atoms with Crippen LogP contribution in [0.5, 0.6) is 5.75 Å². The molecule has 1 unspecified atom stereocenters. The summed E-state index contributed by atoms with van der Waals surface area (Å²) in [6.07, 6.45) is 0. The van der Waals surface area contributed by atoms with Crippen LogP contribution < -0.4 is 15.1 Å². The first-order valence-corrected chi connectivity index (χ1v) is 13.1. The van der Waals surface area contributed by atoms with E-state index in [4.69, 9.17) is 9.15 Å². The molecule has 0 bridgehead atoms. The molecule has 1 aliphatic rings. The summed E-state index contributed by atoms with van der Waals surface area (Å²) in [7, 11) is 0. The highest BCUT2D eigenvalue weighted by molar-refractivity contribution is 9.10. The van der Waals surface area contributed by atoms with Gasteiger partial charge in [0.2, 0.25) is 5.76 Å². The maximum Gasteiger partial charge on any atom is 0.295 e. The Labute approximate surface area is 228 Å². The van der Waals surface area contributed by atoms with Crippen LogP contribution in [-0.4, -0.2) is 5.91 Å². The standard InChI is InChI=1S/C32H24BrNO4/c1-19-15-26-27(16-20(19)2)38-31-28(30(26)35)29(34(32(31)36)24-13-11-23(33)12-14-24)22-9-6-10-25(17-22)37-18-21-7-4-3-5-8-21/h3-17,29H,18H2,1-2H3. The highest BCUT2D eigenvalue weighted by atomic mass is 79.9. The number of hydrogen-bond acceptors (Lipinski definition) is 4. The van der Waals surface area contributed by atoms with Crippen LogP contribution in [0.3, 0.4) is 0 Å². The van der Waals surface area contributed by atoms with E-state index in [2.05, 4.69) is 15.9 Å². The molecule has 1 aromatic heterocycles. The van der Waals surface area contributed by atoms with Crippen molar-refractivity contribution in [3.63, 3.8) is 0 Å². The van der Waals surface area contributed by atoms with Crippen LogP contribution >= 0.6 is 15.9 Å². The summed E-state index contributed by atoms with van der Waals surface area (Å²) in [5, 5.41) is 0.471. The Bertz CT molecular complexity index is 1740. The maximum absolute atomic E-state index is 14.0. The zero-order valence-corrected chi connectivity index (χ0v) is 22.5. The van der Waals surface area contributed by atoms with Gasteiger partial charge in [-0.2, -0.15) is 0 Å². The van der Waals surface area contributed by atoms with E-state index in [1.807, 2.05) is 105 Å². The number of fused-ring (bicyclic) bond motifs is 2. The summed E-state index contributed by atoms with van der Waals surface area (Å²) in [6.45, 7) is 4.33. The van der Waals surface area contributed by atoms with E-state index in [0.717, 1.165) is 26.7 Å². The molecule has 0 saturated carbocycles. The van der Waals surface area contributed by atoms with Gasteiger partial charge in [-0.05, 0) is 84.6 Å². The van der Waals surface area contributed by atoms with Crippen molar-refractivity contribution in [1.29, 1.82) is 0 Å². The quantitative estimate of drug-likeness (QED) is 0.221. The highest BCUT2D eigenvalue weighted by Crippen LogP contribution is 2.42. The number of halogens is 1. The summed E-state index contributed by atoms with van der Waals surface area (Å²) >= 11 is 3.47. The predicted octanol–water partition coefficient (Wildman–Crippen LogP) is 7.50. The van der Waals surface area contributed by atoms with Gasteiger partial charge in [-0.1, -0.05) is 58.4 Å². The number of carbonyl (C=O) groups is 1. The number of ether oxygens (including phenoxy) is 1. The second kappa shape index (κ2) is 9.62. The second-order valence-corrected chi connectivity index (χ2v) is 10.4. The van der Waals surface area contributed by atoms with Gasteiger partial charge in [-0.25, -0.2) is 0 Å². The van der Waals surface area contributed by atoms with Crippen LogP contribution in [0.2, 0.25) is 0 Å². The largest absolute Gasteiger partial charge is 0.489 e. The summed E-state index contributed by atoms with van der Waals surface area (Å²) in [5.41, 5.74) is 5.03. The average molecular weight is 566 g/mol. The number of hydrogen-bond donors (Lipinski definition) is 0. The molecule has 5 aromatic rings. The minimum atomic E-state index is -0.666. The molecule has 6 heteroatoms. The fourth-order valence-electron chi connectivity index (χ4n) is 4.93. The number of carbonyl (C=O) groups excluding carboxylic acids is 1. The molecule has 1 aliphatic heterocycles. The van der Waals surface area contributed by atoms with E-state index >= 15 is 0 Å². The molecule has 2 heterocycles. The third-order valence-corrected chi connectivity index (χ3v) is 7.54. The molecule has 188 valence electrons. The van der Waals surface area contributed by atoms with Crippen molar-refractivity contribution in [2.45, 2.75) is 26.5 Å². The average Bonchev–Trinajstić information content (AvgIpc) is 3.22. The van der Waals surface area contributed by atoms with Crippen molar-refractivity contribution >= 4 is 38.5 Å². The Kier molecular flexibility index (Phi) is 6.12. The molecule has 1 atom stereocenters. The molecule has 0 fully saturated rings. The monoisotopic (exact) mass is 565 g/mol. The first-order chi connectivity index (χ1) is 18.4. The molecule has 38 heavy (non-hydrogen) atoms. The van der Waals surface area contributed by atoms with Crippen molar-refractivity contribution in [3.05, 3.63) is 139 Å². The van der Waals surface area contributed by atoms with Crippen LogP contribution in [0.15, 0.2) is 105 Å². The highest BCUT2D eigenvalue weighted by Gasteiger charge is 2.43. The minimum Gasteiger partial charge on any atom is -0.489 e. The van der Waals surface area contributed by atoms with Crippen molar-refractivity contribution in [3.8, 4) is 5.75 Å². The van der Waals surface area contributed by atoms with E-state index in [0.29, 0.717) is 34.6 Å². The molecule has 0 spiro atoms. The molecule has 0 aliphatic carbocycles. The van der Waals surface area contributed by atoms with E-state index < -0.39 is 6.04 Å². The first kappa shape index (κ1) is 24.2. The Balaban J connectivity index is 1.51. The predicted molar refractivity (Wildman–Crippen MR) is 152 cm³/mol. The molecule has 5 nitrogen and oxygen atoms in total. The van der Waals surface area contributed by atoms with Gasteiger partial charge in [0.25, 0.3) is 5.91 Å². The molecule has 1 amide bonds. The minimum absolute atomic E-state index is 0.0780. The number of anilines is 1. The lowest BCUT2D eigenvalue weighted by Crippen LogP contribution is -2.29. The van der Waals surface area contributed by atoms with Gasteiger partial charge in [0.1, 0.15) is 17.9 Å². The molecule has 0 radical (unpaired) electrons. The van der Waals surface area contributed by atoms with E-state index in [-0.39, 0.29) is 17.1 Å². The van der Waals surface area contributed by atoms with Crippen LogP contribution in [0, 0.1) is 13.8 Å². The molecule has 6 rings (SSSR count). The summed E-state index contributed by atoms with van der Waals surface area (Å²) in [5.74, 6) is 0.383. The molecular weight excluding hydrogens is 542 g/mol. The van der Waals surface area contributed by atoms with E-state index in [9.17, 15) is 9.59 Å². The van der Waals surface area contributed by atoms with Crippen LogP contribution in [0.25, 0.3) is 11.0 Å². The zero-order chi connectivity index (χ0) is 26.4. The number of benzene rings is 4. The first-order valence-electron chi connectivity index (χ1n) is 12.3. The smallest absolute Gasteiger partial charge is 0.295 e. The molecular formula is C32H24BrNO4. The molecule has 4 aromatic carbocycles. The van der Waals surface area contributed by atoms with Gasteiger partial charge in [-0.3, -0.25) is 14.5 Å². The van der Waals surface area contributed by atoms with Crippen molar-refractivity contribution < 1.29 is 13.9 Å². The van der Waals surface area contributed by atoms with Gasteiger partial charge in [0.15, 0.2) is 5.43 Å². The topological polar surface area (TPSA) is 59.8 Å². The van der Waals surface area contributed by atoms with Gasteiger partial charge in [0.05, 0.1) is 17.0 Å². The second-order valence-electron chi connectivity index (χ2n) is 9.51. The van der Waals surface area contributed by atoms with Gasteiger partial charge >= 0.3 is 0 Å². The van der Waals surface area contributed by atoms with Gasteiger partial charge < -0.3 is 9.15 Å². The van der Waals surface area contributed by atoms with Crippen molar-refractivity contribution in [2.24, 2.45) is 0 Å². The Hall–Kier alpha value is -4.16. The summed E-state index contributed by atoms with van der Waals surface area (Å²) in [6, 6.07) is 28.0. The van der Waals surface area contributed by atoms with Gasteiger partial charge in [0, 0.05) is 10.2 Å². The Morgan fingerprint density at radius 2 is 1.61 bits per heavy atom. The van der Waals surface area contributed by atoms with E-state index in [1.54, 1.807) is 4.90 Å². The van der Waals surface area contributed by atoms with Crippen molar-refractivity contribution in [1.82, 2.24) is 0 Å². The summed E-state index contributed by atoms with van der Waals surface area (Å²) < 4.78 is 13.1.